The largest absolute Gasteiger partial charge is 0.494 e. The topological polar surface area (TPSA) is 103 Å². The lowest BCUT2D eigenvalue weighted by atomic mass is 10.0. The van der Waals surface area contributed by atoms with E-state index in [4.69, 9.17) is 4.74 Å². The Morgan fingerprint density at radius 2 is 1.93 bits per heavy atom. The number of nitrogens with zero attached hydrogens (tertiary/aromatic N) is 1. The van der Waals surface area contributed by atoms with E-state index < -0.39 is 44.2 Å². The third-order valence-electron chi connectivity index (χ3n) is 4.65. The number of hydrogen-bond acceptors (Lipinski definition) is 5. The number of ether oxygens (including phenoxy) is 1. The van der Waals surface area contributed by atoms with Crippen LogP contribution in [0, 0.1) is 11.6 Å². The SMILES string of the molecule is COc1cccc(-c2cc(=O)n(CC[C@](C)(C(=O)O)S(C)(=O)=O)cc2F)c1F. The number of pyridine rings is 1. The van der Waals surface area contributed by atoms with Crippen molar-refractivity contribution in [3.8, 4) is 16.9 Å². The molecular weight excluding hydrogens is 396 g/mol. The standard InChI is InChI=1S/C18H19F2NO6S/c1-18(17(23)24,28(3,25)26)7-8-21-10-13(19)12(9-15(21)22)11-5-4-6-14(27-2)16(11)20/h4-6,9-10H,7-8H2,1-3H3,(H,23,24)/t18-/m1/s1. The molecule has 2 aromatic rings. The number of hydrogen-bond donors (Lipinski definition) is 1. The van der Waals surface area contributed by atoms with Gasteiger partial charge in [-0.15, -0.1) is 0 Å². The average molecular weight is 415 g/mol. The molecule has 0 aliphatic carbocycles. The molecule has 0 fully saturated rings. The van der Waals surface area contributed by atoms with Gasteiger partial charge in [-0.1, -0.05) is 12.1 Å². The van der Waals surface area contributed by atoms with Crippen molar-refractivity contribution < 1.29 is 31.8 Å². The molecule has 0 bridgehead atoms. The molecule has 0 aliphatic heterocycles. The molecule has 0 radical (unpaired) electrons. The molecule has 0 unspecified atom stereocenters. The Balaban J connectivity index is 2.43. The van der Waals surface area contributed by atoms with Gasteiger partial charge in [-0.05, 0) is 19.4 Å². The molecule has 1 atom stereocenters. The van der Waals surface area contributed by atoms with Gasteiger partial charge in [-0.3, -0.25) is 9.59 Å². The number of rotatable bonds is 7. The number of methoxy groups -OCH3 is 1. The summed E-state index contributed by atoms with van der Waals surface area (Å²) in [5.41, 5.74) is -1.20. The van der Waals surface area contributed by atoms with Gasteiger partial charge in [0.15, 0.2) is 26.2 Å². The Labute approximate surface area is 160 Å². The maximum atomic E-state index is 14.5. The highest BCUT2D eigenvalue weighted by molar-refractivity contribution is 7.92. The van der Waals surface area contributed by atoms with Crippen molar-refractivity contribution in [3.63, 3.8) is 0 Å². The predicted molar refractivity (Wildman–Crippen MR) is 98.1 cm³/mol. The second-order valence-electron chi connectivity index (χ2n) is 6.45. The van der Waals surface area contributed by atoms with Crippen LogP contribution in [-0.2, 0) is 21.2 Å². The first-order valence-corrected chi connectivity index (χ1v) is 9.97. The third kappa shape index (κ3) is 3.91. The number of benzene rings is 1. The molecule has 10 heteroatoms. The van der Waals surface area contributed by atoms with E-state index in [1.54, 1.807) is 0 Å². The fourth-order valence-electron chi connectivity index (χ4n) is 2.59. The van der Waals surface area contributed by atoms with Crippen molar-refractivity contribution in [1.82, 2.24) is 4.57 Å². The van der Waals surface area contributed by atoms with E-state index in [0.717, 1.165) is 30.0 Å². The van der Waals surface area contributed by atoms with Crippen LogP contribution in [-0.4, -0.2) is 42.2 Å². The normalized spacial score (nSPS) is 13.8. The van der Waals surface area contributed by atoms with Crippen molar-refractivity contribution >= 4 is 15.8 Å². The van der Waals surface area contributed by atoms with Crippen LogP contribution in [0.2, 0.25) is 0 Å². The Morgan fingerprint density at radius 1 is 1.29 bits per heavy atom. The van der Waals surface area contributed by atoms with E-state index >= 15 is 0 Å². The fraction of sp³-hybridized carbons (Fsp3) is 0.333. The monoisotopic (exact) mass is 415 g/mol. The van der Waals surface area contributed by atoms with Crippen molar-refractivity contribution in [3.05, 3.63) is 52.5 Å². The summed E-state index contributed by atoms with van der Waals surface area (Å²) in [5, 5.41) is 9.25. The lowest BCUT2D eigenvalue weighted by Crippen LogP contribution is -2.44. The number of aromatic nitrogens is 1. The Bertz CT molecular complexity index is 1080. The van der Waals surface area contributed by atoms with Gasteiger partial charge in [0.05, 0.1) is 7.11 Å². The second kappa shape index (κ2) is 7.70. The first-order valence-electron chi connectivity index (χ1n) is 8.08. The summed E-state index contributed by atoms with van der Waals surface area (Å²) in [6.45, 7) is 0.665. The quantitative estimate of drug-likeness (QED) is 0.743. The number of aliphatic carboxylic acids is 1. The number of halogens is 2. The van der Waals surface area contributed by atoms with Gasteiger partial charge in [-0.25, -0.2) is 17.2 Å². The smallest absolute Gasteiger partial charge is 0.324 e. The van der Waals surface area contributed by atoms with E-state index in [1.807, 2.05) is 0 Å². The van der Waals surface area contributed by atoms with Crippen LogP contribution in [0.15, 0.2) is 35.3 Å². The first kappa shape index (κ1) is 21.5. The Kier molecular flexibility index (Phi) is 5.93. The van der Waals surface area contributed by atoms with Crippen LogP contribution in [0.5, 0.6) is 5.75 Å². The lowest BCUT2D eigenvalue weighted by molar-refractivity contribution is -0.139. The number of carboxylic acids is 1. The summed E-state index contributed by atoms with van der Waals surface area (Å²) < 4.78 is 56.1. The maximum absolute atomic E-state index is 14.5. The predicted octanol–water partition coefficient (Wildman–Crippen LogP) is 2.08. The molecular formula is C18H19F2NO6S. The van der Waals surface area contributed by atoms with Crippen LogP contribution < -0.4 is 10.3 Å². The molecule has 0 saturated heterocycles. The van der Waals surface area contributed by atoms with Crippen LogP contribution in [0.1, 0.15) is 13.3 Å². The molecule has 1 aromatic heterocycles. The minimum Gasteiger partial charge on any atom is -0.494 e. The zero-order chi connectivity index (χ0) is 21.3. The summed E-state index contributed by atoms with van der Waals surface area (Å²) >= 11 is 0. The van der Waals surface area contributed by atoms with E-state index in [0.29, 0.717) is 0 Å². The Hall–Kier alpha value is -2.75. The van der Waals surface area contributed by atoms with Gasteiger partial charge in [0.2, 0.25) is 0 Å². The summed E-state index contributed by atoms with van der Waals surface area (Å²) in [5.74, 6) is -3.45. The van der Waals surface area contributed by atoms with E-state index in [1.165, 1.54) is 25.3 Å². The molecule has 0 saturated carbocycles. The van der Waals surface area contributed by atoms with Gasteiger partial charge in [0.1, 0.15) is 5.82 Å². The van der Waals surface area contributed by atoms with Crippen molar-refractivity contribution in [2.45, 2.75) is 24.6 Å². The van der Waals surface area contributed by atoms with Crippen molar-refractivity contribution in [2.24, 2.45) is 0 Å². The second-order valence-corrected chi connectivity index (χ2v) is 8.89. The van der Waals surface area contributed by atoms with Gasteiger partial charge in [0, 0.05) is 36.2 Å². The molecule has 1 N–H and O–H groups in total. The fourth-order valence-corrected chi connectivity index (χ4v) is 3.37. The maximum Gasteiger partial charge on any atom is 0.324 e. The van der Waals surface area contributed by atoms with Crippen LogP contribution in [0.3, 0.4) is 0 Å². The highest BCUT2D eigenvalue weighted by Gasteiger charge is 2.43. The van der Waals surface area contributed by atoms with Gasteiger partial charge in [-0.2, -0.15) is 0 Å². The summed E-state index contributed by atoms with van der Waals surface area (Å²) in [7, 11) is -2.75. The van der Waals surface area contributed by atoms with Crippen molar-refractivity contribution in [2.75, 3.05) is 13.4 Å². The zero-order valence-electron chi connectivity index (χ0n) is 15.4. The number of sulfone groups is 1. The van der Waals surface area contributed by atoms with E-state index in [-0.39, 0.29) is 23.4 Å². The highest BCUT2D eigenvalue weighted by atomic mass is 32.2. The lowest BCUT2D eigenvalue weighted by Gasteiger charge is -2.23. The van der Waals surface area contributed by atoms with Gasteiger partial charge < -0.3 is 14.4 Å². The molecule has 152 valence electrons. The highest BCUT2D eigenvalue weighted by Crippen LogP contribution is 2.30. The summed E-state index contributed by atoms with van der Waals surface area (Å²) in [4.78, 5) is 23.7. The van der Waals surface area contributed by atoms with Gasteiger partial charge in [0.25, 0.3) is 5.56 Å². The van der Waals surface area contributed by atoms with Crippen LogP contribution in [0.4, 0.5) is 8.78 Å². The third-order valence-corrected chi connectivity index (χ3v) is 6.67. The molecule has 28 heavy (non-hydrogen) atoms. The van der Waals surface area contributed by atoms with Crippen molar-refractivity contribution in [1.29, 1.82) is 0 Å². The molecule has 0 aliphatic rings. The number of carbonyl (C=O) groups is 1. The molecule has 1 heterocycles. The summed E-state index contributed by atoms with van der Waals surface area (Å²) in [6, 6.07) is 4.93. The van der Waals surface area contributed by atoms with Crippen LogP contribution in [0.25, 0.3) is 11.1 Å². The number of aryl methyl sites for hydroxylation is 1. The molecule has 0 spiro atoms. The average Bonchev–Trinajstić information content (AvgIpc) is 2.61. The summed E-state index contributed by atoms with van der Waals surface area (Å²) in [6.07, 6.45) is 1.12. The molecule has 0 amide bonds. The molecule has 2 rings (SSSR count). The van der Waals surface area contributed by atoms with E-state index in [9.17, 15) is 31.9 Å². The first-order chi connectivity index (χ1) is 12.9. The van der Waals surface area contributed by atoms with Gasteiger partial charge >= 0.3 is 5.97 Å². The molecule has 1 aromatic carbocycles. The Morgan fingerprint density at radius 3 is 2.46 bits per heavy atom. The van der Waals surface area contributed by atoms with Crippen LogP contribution >= 0.6 is 0 Å². The number of carboxylic acid groups (broad SMARTS) is 1. The minimum atomic E-state index is -3.99. The zero-order valence-corrected chi connectivity index (χ0v) is 16.2. The minimum absolute atomic E-state index is 0.119. The van der Waals surface area contributed by atoms with E-state index in [2.05, 4.69) is 0 Å². The molecule has 7 nitrogen and oxygen atoms in total.